The summed E-state index contributed by atoms with van der Waals surface area (Å²) in [7, 11) is 2.05. The molecule has 0 heterocycles. The molecule has 0 saturated carbocycles. The summed E-state index contributed by atoms with van der Waals surface area (Å²) in [6, 6.07) is 0.634. The van der Waals surface area contributed by atoms with Crippen LogP contribution in [-0.2, 0) is 0 Å². The highest BCUT2D eigenvalue weighted by Crippen LogP contribution is 2.34. The predicted molar refractivity (Wildman–Crippen MR) is 61.0 cm³/mol. The fraction of sp³-hybridized carbons (Fsp3) is 1.00. The van der Waals surface area contributed by atoms with Gasteiger partial charge in [-0.1, -0.05) is 40.5 Å². The van der Waals surface area contributed by atoms with E-state index in [-0.39, 0.29) is 0 Å². The van der Waals surface area contributed by atoms with Gasteiger partial charge in [-0.3, -0.25) is 0 Å². The molecule has 0 amide bonds. The Balaban J connectivity index is 4.04. The molecule has 1 nitrogen and oxygen atoms in total. The van der Waals surface area contributed by atoms with Gasteiger partial charge in [0.05, 0.1) is 0 Å². The van der Waals surface area contributed by atoms with Gasteiger partial charge in [-0.15, -0.1) is 0 Å². The molecule has 0 aromatic heterocycles. The second-order valence-corrected chi connectivity index (χ2v) is 5.07. The summed E-state index contributed by atoms with van der Waals surface area (Å²) in [6.07, 6.45) is 3.92. The van der Waals surface area contributed by atoms with Crippen molar-refractivity contribution in [2.45, 2.75) is 59.9 Å². The molecule has 0 saturated heterocycles. The molecule has 0 aromatic carbocycles. The Morgan fingerprint density at radius 2 is 1.77 bits per heavy atom. The van der Waals surface area contributed by atoms with Crippen LogP contribution in [0.5, 0.6) is 0 Å². The average Bonchev–Trinajstić information content (AvgIpc) is 2.04. The predicted octanol–water partition coefficient (Wildman–Crippen LogP) is 3.45. The van der Waals surface area contributed by atoms with Crippen molar-refractivity contribution in [1.29, 1.82) is 0 Å². The van der Waals surface area contributed by atoms with Crippen LogP contribution in [0.3, 0.4) is 0 Å². The normalized spacial score (nSPS) is 17.1. The van der Waals surface area contributed by atoms with Gasteiger partial charge in [0.2, 0.25) is 0 Å². The number of hydrogen-bond donors (Lipinski definition) is 1. The van der Waals surface area contributed by atoms with Crippen molar-refractivity contribution in [2.24, 2.45) is 11.3 Å². The van der Waals surface area contributed by atoms with Gasteiger partial charge in [0.15, 0.2) is 0 Å². The highest BCUT2D eigenvalue weighted by atomic mass is 14.9. The highest BCUT2D eigenvalue weighted by Gasteiger charge is 2.26. The second kappa shape index (κ2) is 5.64. The first-order valence-corrected chi connectivity index (χ1v) is 5.61. The zero-order valence-electron chi connectivity index (χ0n) is 10.3. The van der Waals surface area contributed by atoms with Crippen molar-refractivity contribution in [2.75, 3.05) is 7.05 Å². The molecule has 0 fully saturated rings. The van der Waals surface area contributed by atoms with E-state index in [4.69, 9.17) is 0 Å². The minimum atomic E-state index is 0.471. The van der Waals surface area contributed by atoms with E-state index in [9.17, 15) is 0 Å². The summed E-state index contributed by atoms with van der Waals surface area (Å²) < 4.78 is 0. The van der Waals surface area contributed by atoms with Crippen LogP contribution in [0.25, 0.3) is 0 Å². The molecule has 80 valence electrons. The lowest BCUT2D eigenvalue weighted by Crippen LogP contribution is -2.32. The summed E-state index contributed by atoms with van der Waals surface area (Å²) >= 11 is 0. The van der Waals surface area contributed by atoms with Crippen molar-refractivity contribution >= 4 is 0 Å². The highest BCUT2D eigenvalue weighted by molar-refractivity contribution is 4.79. The van der Waals surface area contributed by atoms with Crippen LogP contribution in [0.2, 0.25) is 0 Å². The lowest BCUT2D eigenvalue weighted by Gasteiger charge is -2.34. The number of nitrogens with one attached hydrogen (secondary N) is 1. The first kappa shape index (κ1) is 13.0. The van der Waals surface area contributed by atoms with E-state index < -0.39 is 0 Å². The number of hydrogen-bond acceptors (Lipinski definition) is 1. The van der Waals surface area contributed by atoms with Crippen LogP contribution in [0, 0.1) is 11.3 Å². The summed E-state index contributed by atoms with van der Waals surface area (Å²) in [4.78, 5) is 0. The van der Waals surface area contributed by atoms with Gasteiger partial charge in [0, 0.05) is 6.04 Å². The summed E-state index contributed by atoms with van der Waals surface area (Å²) in [5, 5.41) is 3.32. The third-order valence-electron chi connectivity index (χ3n) is 3.38. The smallest absolute Gasteiger partial charge is 0.00409 e. The van der Waals surface area contributed by atoms with E-state index in [1.54, 1.807) is 0 Å². The Kier molecular flexibility index (Phi) is 5.62. The Morgan fingerprint density at radius 3 is 2.15 bits per heavy atom. The Labute approximate surface area is 84.3 Å². The molecule has 0 spiro atoms. The fourth-order valence-electron chi connectivity index (χ4n) is 1.92. The van der Waals surface area contributed by atoms with Crippen LogP contribution >= 0.6 is 0 Å². The Morgan fingerprint density at radius 1 is 1.23 bits per heavy atom. The largest absolute Gasteiger partial charge is 0.317 e. The van der Waals surface area contributed by atoms with Gasteiger partial charge >= 0.3 is 0 Å². The number of rotatable bonds is 6. The third kappa shape index (κ3) is 4.66. The molecule has 0 aliphatic heterocycles. The lowest BCUT2D eigenvalue weighted by molar-refractivity contribution is 0.181. The minimum Gasteiger partial charge on any atom is -0.317 e. The summed E-state index contributed by atoms with van der Waals surface area (Å²) in [6.45, 7) is 11.7. The maximum absolute atomic E-state index is 3.32. The van der Waals surface area contributed by atoms with E-state index in [0.717, 1.165) is 5.92 Å². The van der Waals surface area contributed by atoms with E-state index in [1.807, 2.05) is 7.05 Å². The molecule has 0 radical (unpaired) electrons. The maximum atomic E-state index is 3.32. The van der Waals surface area contributed by atoms with E-state index in [2.05, 4.69) is 39.9 Å². The van der Waals surface area contributed by atoms with Gasteiger partial charge < -0.3 is 5.32 Å². The lowest BCUT2D eigenvalue weighted by atomic mass is 9.73. The second-order valence-electron chi connectivity index (χ2n) is 5.07. The molecule has 0 aliphatic rings. The van der Waals surface area contributed by atoms with Gasteiger partial charge in [-0.2, -0.15) is 0 Å². The van der Waals surface area contributed by atoms with Gasteiger partial charge in [0.25, 0.3) is 0 Å². The fourth-order valence-corrected chi connectivity index (χ4v) is 1.92. The standard InChI is InChI=1S/C12H27N/c1-7-8-10(2)12(4,5)9-11(3)13-6/h10-11,13H,7-9H2,1-6H3. The zero-order valence-corrected chi connectivity index (χ0v) is 10.3. The van der Waals surface area contributed by atoms with Gasteiger partial charge in [-0.25, -0.2) is 0 Å². The van der Waals surface area contributed by atoms with Crippen molar-refractivity contribution in [3.05, 3.63) is 0 Å². The molecule has 0 bridgehead atoms. The van der Waals surface area contributed by atoms with Gasteiger partial charge in [-0.05, 0) is 31.7 Å². The first-order valence-electron chi connectivity index (χ1n) is 5.61. The average molecular weight is 185 g/mol. The molecule has 2 unspecified atom stereocenters. The molecule has 1 heteroatoms. The quantitative estimate of drug-likeness (QED) is 0.668. The Hall–Kier alpha value is -0.0400. The van der Waals surface area contributed by atoms with Crippen molar-refractivity contribution < 1.29 is 0 Å². The van der Waals surface area contributed by atoms with Crippen LogP contribution in [0.4, 0.5) is 0 Å². The van der Waals surface area contributed by atoms with E-state index >= 15 is 0 Å². The Bertz CT molecular complexity index is 129. The van der Waals surface area contributed by atoms with Crippen molar-refractivity contribution in [3.63, 3.8) is 0 Å². The summed E-state index contributed by atoms with van der Waals surface area (Å²) in [5.74, 6) is 0.827. The monoisotopic (exact) mass is 185 g/mol. The van der Waals surface area contributed by atoms with Crippen LogP contribution in [0.15, 0.2) is 0 Å². The van der Waals surface area contributed by atoms with E-state index in [0.29, 0.717) is 11.5 Å². The molecule has 2 atom stereocenters. The molecule has 1 N–H and O–H groups in total. The first-order chi connectivity index (χ1) is 5.94. The van der Waals surface area contributed by atoms with Crippen molar-refractivity contribution in [1.82, 2.24) is 5.32 Å². The molecular formula is C12H27N. The van der Waals surface area contributed by atoms with Crippen LogP contribution in [0.1, 0.15) is 53.9 Å². The minimum absolute atomic E-state index is 0.471. The third-order valence-corrected chi connectivity index (χ3v) is 3.38. The topological polar surface area (TPSA) is 12.0 Å². The molecule has 0 rings (SSSR count). The van der Waals surface area contributed by atoms with E-state index in [1.165, 1.54) is 19.3 Å². The van der Waals surface area contributed by atoms with Crippen LogP contribution in [-0.4, -0.2) is 13.1 Å². The molecule has 0 aliphatic carbocycles. The zero-order chi connectivity index (χ0) is 10.5. The van der Waals surface area contributed by atoms with Crippen molar-refractivity contribution in [3.8, 4) is 0 Å². The molecular weight excluding hydrogens is 158 g/mol. The molecule has 0 aromatic rings. The summed E-state index contributed by atoms with van der Waals surface area (Å²) in [5.41, 5.74) is 0.471. The van der Waals surface area contributed by atoms with Crippen LogP contribution < -0.4 is 5.32 Å². The maximum Gasteiger partial charge on any atom is 0.00409 e. The SMILES string of the molecule is CCCC(C)C(C)(C)CC(C)NC. The van der Waals surface area contributed by atoms with Gasteiger partial charge in [0.1, 0.15) is 0 Å². The molecule has 13 heavy (non-hydrogen) atoms.